The Bertz CT molecular complexity index is 3460. The zero-order valence-electron chi connectivity index (χ0n) is 32.1. The van der Waals surface area contributed by atoms with Gasteiger partial charge in [-0.05, 0) is 108 Å². The molecule has 11 aromatic rings. The lowest BCUT2D eigenvalue weighted by molar-refractivity contribution is 0.661. The summed E-state index contributed by atoms with van der Waals surface area (Å²) in [4.78, 5) is 9.49. The maximum absolute atomic E-state index is 6.40. The fourth-order valence-corrected chi connectivity index (χ4v) is 9.63. The van der Waals surface area contributed by atoms with Crippen LogP contribution in [-0.2, 0) is 5.41 Å². The molecule has 1 aliphatic rings. The number of hydrogen-bond donors (Lipinski definition) is 0. The van der Waals surface area contributed by atoms with Gasteiger partial charge >= 0.3 is 0 Å². The van der Waals surface area contributed by atoms with Crippen molar-refractivity contribution in [2.24, 2.45) is 0 Å². The summed E-state index contributed by atoms with van der Waals surface area (Å²) >= 11 is 0. The van der Waals surface area contributed by atoms with Crippen LogP contribution in [0.15, 0.2) is 187 Å². The van der Waals surface area contributed by atoms with Crippen molar-refractivity contribution >= 4 is 54.5 Å². The van der Waals surface area contributed by atoms with Crippen LogP contribution < -0.4 is 0 Å². The molecule has 2 aromatic heterocycles. The highest BCUT2D eigenvalue weighted by molar-refractivity contribution is 6.23. The third-order valence-corrected chi connectivity index (χ3v) is 12.6. The Morgan fingerprint density at radius 3 is 1.55 bits per heavy atom. The van der Waals surface area contributed by atoms with E-state index in [0.717, 1.165) is 54.9 Å². The van der Waals surface area contributed by atoms with E-state index in [0.29, 0.717) is 0 Å². The molecule has 0 radical (unpaired) electrons. The smallest absolute Gasteiger partial charge is 0.143 e. The Balaban J connectivity index is 0.895. The van der Waals surface area contributed by atoms with Gasteiger partial charge in [-0.1, -0.05) is 147 Å². The molecule has 0 unspecified atom stereocenters. The van der Waals surface area contributed by atoms with E-state index in [2.05, 4.69) is 172 Å². The molecule has 9 aromatic carbocycles. The van der Waals surface area contributed by atoms with Crippen LogP contribution in [-0.4, -0.2) is 9.97 Å². The number of aromatic nitrogens is 2. The van der Waals surface area contributed by atoms with Gasteiger partial charge in [0.1, 0.15) is 11.2 Å². The maximum Gasteiger partial charge on any atom is 0.143 e. The van der Waals surface area contributed by atoms with Gasteiger partial charge in [0.2, 0.25) is 0 Å². The topological polar surface area (TPSA) is 38.9 Å². The summed E-state index contributed by atoms with van der Waals surface area (Å²) in [6.45, 7) is 4.74. The molecule has 3 heteroatoms. The molecule has 0 saturated heterocycles. The lowest BCUT2D eigenvalue weighted by atomic mass is 9.80. The predicted octanol–water partition coefficient (Wildman–Crippen LogP) is 14.8. The van der Waals surface area contributed by atoms with E-state index >= 15 is 0 Å². The monoisotopic (exact) mass is 740 g/mol. The van der Waals surface area contributed by atoms with Gasteiger partial charge in [-0.15, -0.1) is 0 Å². The Kier molecular flexibility index (Phi) is 6.98. The van der Waals surface area contributed by atoms with Crippen molar-refractivity contribution in [3.05, 3.63) is 193 Å². The van der Waals surface area contributed by atoms with Gasteiger partial charge in [-0.2, -0.15) is 0 Å². The summed E-state index contributed by atoms with van der Waals surface area (Å²) in [6, 6.07) is 61.9. The third-order valence-electron chi connectivity index (χ3n) is 12.6. The molecule has 1 aliphatic carbocycles. The molecule has 0 fully saturated rings. The van der Waals surface area contributed by atoms with E-state index in [1.54, 1.807) is 12.4 Å². The van der Waals surface area contributed by atoms with E-state index in [4.69, 9.17) is 14.4 Å². The van der Waals surface area contributed by atoms with Crippen molar-refractivity contribution in [2.45, 2.75) is 19.3 Å². The molecule has 0 bridgehead atoms. The minimum atomic E-state index is -0.171. The van der Waals surface area contributed by atoms with Crippen LogP contribution in [0.3, 0.4) is 0 Å². The highest BCUT2D eigenvalue weighted by atomic mass is 16.3. The van der Waals surface area contributed by atoms with Crippen LogP contribution in [0.25, 0.3) is 110 Å². The highest BCUT2D eigenvalue weighted by Gasteiger charge is 2.36. The summed E-state index contributed by atoms with van der Waals surface area (Å²) in [5.41, 5.74) is 18.4. The van der Waals surface area contributed by atoms with Crippen LogP contribution >= 0.6 is 0 Å². The largest absolute Gasteiger partial charge is 0.455 e. The van der Waals surface area contributed by atoms with Crippen LogP contribution in [0, 0.1) is 0 Å². The lowest BCUT2D eigenvalue weighted by Gasteiger charge is -2.23. The molecular weight excluding hydrogens is 705 g/mol. The summed E-state index contributed by atoms with van der Waals surface area (Å²) in [7, 11) is 0. The molecule has 3 nitrogen and oxygen atoms in total. The molecule has 2 heterocycles. The summed E-state index contributed by atoms with van der Waals surface area (Å²) < 4.78 is 6.40. The molecule has 12 rings (SSSR count). The number of furan rings is 1. The van der Waals surface area contributed by atoms with Gasteiger partial charge in [-0.25, -0.2) is 0 Å². The fourth-order valence-electron chi connectivity index (χ4n) is 9.63. The van der Waals surface area contributed by atoms with Gasteiger partial charge in [0, 0.05) is 44.9 Å². The van der Waals surface area contributed by atoms with E-state index in [9.17, 15) is 0 Å². The third kappa shape index (κ3) is 4.86. The van der Waals surface area contributed by atoms with Crippen molar-refractivity contribution in [1.82, 2.24) is 9.97 Å². The number of nitrogens with zero attached hydrogens (tertiary/aromatic N) is 2. The van der Waals surface area contributed by atoms with Crippen LogP contribution in [0.4, 0.5) is 0 Å². The van der Waals surface area contributed by atoms with Crippen molar-refractivity contribution in [2.75, 3.05) is 0 Å². The molecule has 272 valence electrons. The second-order valence-electron chi connectivity index (χ2n) is 16.1. The quantitative estimate of drug-likeness (QED) is 0.169. The van der Waals surface area contributed by atoms with Crippen molar-refractivity contribution in [3.8, 4) is 55.6 Å². The average molecular weight is 741 g/mol. The normalized spacial score (nSPS) is 13.1. The number of benzene rings is 9. The Morgan fingerprint density at radius 1 is 0.362 bits per heavy atom. The van der Waals surface area contributed by atoms with Crippen LogP contribution in [0.1, 0.15) is 25.0 Å². The van der Waals surface area contributed by atoms with Crippen LogP contribution in [0.5, 0.6) is 0 Å². The number of hydrogen-bond acceptors (Lipinski definition) is 3. The first-order valence-electron chi connectivity index (χ1n) is 20.0. The molecule has 0 saturated carbocycles. The summed E-state index contributed by atoms with van der Waals surface area (Å²) in [5, 5.41) is 6.95. The van der Waals surface area contributed by atoms with Crippen molar-refractivity contribution in [3.63, 3.8) is 0 Å². The molecule has 0 N–H and O–H groups in total. The fraction of sp³-hybridized carbons (Fsp3) is 0.0545. The summed E-state index contributed by atoms with van der Waals surface area (Å²) in [6.07, 6.45) is 3.57. The highest BCUT2D eigenvalue weighted by Crippen LogP contribution is 2.51. The molecule has 0 atom stereocenters. The first kappa shape index (κ1) is 32.8. The van der Waals surface area contributed by atoms with Crippen LogP contribution in [0.2, 0.25) is 0 Å². The SMILES string of the molecule is CC1(C)c2cc(-c3cccc(-c4cccc(-c5cccc6c5oc5ccccc56)c4)c3)ccc2-c2ccc(-c3ccc4c(c3)c3ccccc3c3nccnc43)cc21. The minimum absolute atomic E-state index is 0.171. The second kappa shape index (κ2) is 12.3. The van der Waals surface area contributed by atoms with Gasteiger partial charge in [0.25, 0.3) is 0 Å². The number of rotatable bonds is 4. The zero-order valence-corrected chi connectivity index (χ0v) is 32.1. The van der Waals surface area contributed by atoms with E-state index in [-0.39, 0.29) is 5.41 Å². The first-order valence-corrected chi connectivity index (χ1v) is 20.0. The Hall–Kier alpha value is -7.36. The van der Waals surface area contributed by atoms with E-state index < -0.39 is 0 Å². The molecule has 0 aliphatic heterocycles. The second-order valence-corrected chi connectivity index (χ2v) is 16.1. The Labute approximate surface area is 335 Å². The van der Waals surface area contributed by atoms with Gasteiger partial charge in [-0.3, -0.25) is 9.97 Å². The molecule has 0 amide bonds. The molecular formula is C55H36N2O. The van der Waals surface area contributed by atoms with Crippen molar-refractivity contribution in [1.29, 1.82) is 0 Å². The van der Waals surface area contributed by atoms with Gasteiger partial charge in [0.15, 0.2) is 0 Å². The molecule has 0 spiro atoms. The lowest BCUT2D eigenvalue weighted by Crippen LogP contribution is -2.15. The van der Waals surface area contributed by atoms with E-state index in [1.807, 2.05) is 12.1 Å². The maximum atomic E-state index is 6.40. The summed E-state index contributed by atoms with van der Waals surface area (Å²) in [5.74, 6) is 0. The first-order chi connectivity index (χ1) is 28.5. The number of para-hydroxylation sites is 2. The molecule has 58 heavy (non-hydrogen) atoms. The number of fused-ring (bicyclic) bond motifs is 12. The van der Waals surface area contributed by atoms with E-state index in [1.165, 1.54) is 66.4 Å². The average Bonchev–Trinajstić information content (AvgIpc) is 3.78. The zero-order chi connectivity index (χ0) is 38.5. The van der Waals surface area contributed by atoms with Gasteiger partial charge in [0.05, 0.1) is 11.0 Å². The Morgan fingerprint density at radius 2 is 0.862 bits per heavy atom. The predicted molar refractivity (Wildman–Crippen MR) is 241 cm³/mol. The standard InChI is InChI=1S/C55H36N2O/c1-55(2)49-31-37(34-11-7-10-33(28-34)35-12-8-13-39(29-35)40-17-9-18-47-44-15-5-6-19-51(44)58-54(40)47)20-23-42(49)43-24-21-38(32-50(43)55)36-22-25-46-48(30-36)41-14-3-4-16-45(41)52-53(46)57-27-26-56-52/h3-32H,1-2H3. The van der Waals surface area contributed by atoms with Crippen molar-refractivity contribution < 1.29 is 4.42 Å². The van der Waals surface area contributed by atoms with Gasteiger partial charge < -0.3 is 4.42 Å². The minimum Gasteiger partial charge on any atom is -0.455 e.